The summed E-state index contributed by atoms with van der Waals surface area (Å²) in [6.07, 6.45) is 0. The lowest BCUT2D eigenvalue weighted by Crippen LogP contribution is -2.20. The minimum absolute atomic E-state index is 0.486. The van der Waals surface area contributed by atoms with Gasteiger partial charge in [-0.2, -0.15) is 0 Å². The zero-order chi connectivity index (χ0) is 23.6. The van der Waals surface area contributed by atoms with Crippen molar-refractivity contribution in [2.75, 3.05) is 52.9 Å². The second-order valence-corrected chi connectivity index (χ2v) is 11.9. The summed E-state index contributed by atoms with van der Waals surface area (Å²) in [5, 5.41) is 3.98. The molecule has 4 aliphatic rings. The Morgan fingerprint density at radius 2 is 1.11 bits per heavy atom. The summed E-state index contributed by atoms with van der Waals surface area (Å²) < 4.78 is 50.2. The Kier molecular flexibility index (Phi) is 4.95. The predicted molar refractivity (Wildman–Crippen MR) is 139 cm³/mol. The molecule has 0 unspecified atom stereocenters. The summed E-state index contributed by atoms with van der Waals surface area (Å²) in [6, 6.07) is 0. The molecule has 4 aromatic heterocycles. The second kappa shape index (κ2) is 8.37. The Labute approximate surface area is 219 Å². The van der Waals surface area contributed by atoms with Crippen LogP contribution in [0.1, 0.15) is 0 Å². The molecule has 0 saturated heterocycles. The minimum Gasteiger partial charge on any atom is -0.485 e. The second-order valence-electron chi connectivity index (χ2n) is 8.14. The van der Waals surface area contributed by atoms with Crippen LogP contribution in [0, 0.1) is 9.06 Å². The molecule has 0 aromatic carbocycles. The lowest BCUT2D eigenvalue weighted by Gasteiger charge is -2.18. The highest BCUT2D eigenvalue weighted by molar-refractivity contribution is 7.27. The first-order valence-corrected chi connectivity index (χ1v) is 14.9. The summed E-state index contributed by atoms with van der Waals surface area (Å²) in [7, 11) is 0. The van der Waals surface area contributed by atoms with E-state index in [-0.39, 0.29) is 0 Å². The number of hydrogen-bond donors (Lipinski definition) is 0. The Bertz CT molecular complexity index is 1730. The molecule has 4 aromatic rings. The molecule has 0 atom stereocenters. The predicted octanol–water partition coefficient (Wildman–Crippen LogP) is 4.11. The maximum atomic E-state index is 6.20. The molecule has 0 N–H and O–H groups in total. The normalized spacial score (nSPS) is 18.2. The lowest BCUT2D eigenvalue weighted by molar-refractivity contribution is 0.172. The van der Waals surface area contributed by atoms with E-state index in [0.29, 0.717) is 52.9 Å². The van der Waals surface area contributed by atoms with E-state index < -0.39 is 0 Å². The fourth-order valence-electron chi connectivity index (χ4n) is 4.54. The number of rotatable bonds is 2. The number of hydrogen-bond acceptors (Lipinski definition) is 10. The van der Waals surface area contributed by atoms with Crippen LogP contribution in [0.25, 0.3) is 19.5 Å². The molecule has 8 nitrogen and oxygen atoms in total. The third-order valence-corrected chi connectivity index (χ3v) is 10.7. The van der Waals surface area contributed by atoms with Crippen LogP contribution in [0.15, 0.2) is 19.6 Å². The number of ether oxygens (including phenoxy) is 6. The van der Waals surface area contributed by atoms with Gasteiger partial charge in [0.1, 0.15) is 31.3 Å². The van der Waals surface area contributed by atoms with E-state index in [9.17, 15) is 0 Å². The first kappa shape index (κ1) is 21.3. The standard InChI is InChI=1S/C24H18O8S4/c1-3-27-13-11(25-1)9-33-19(13)21-15-17(31-7-5-29-15)23(35-21)24-18-16(30-6-8-32-18)22(36-24)20-14-12(10-34-20)26-2-4-28-14/h9-10H,1-8H2/q+2. The van der Waals surface area contributed by atoms with Gasteiger partial charge in [-0.05, 0) is 0 Å². The van der Waals surface area contributed by atoms with Crippen molar-refractivity contribution in [2.24, 2.45) is 0 Å². The van der Waals surface area contributed by atoms with Crippen LogP contribution in [0.3, 0.4) is 0 Å². The van der Waals surface area contributed by atoms with E-state index in [2.05, 4.69) is 0 Å². The molecule has 0 amide bonds. The van der Waals surface area contributed by atoms with Gasteiger partial charge in [-0.3, -0.25) is 0 Å². The van der Waals surface area contributed by atoms with E-state index in [1.54, 1.807) is 45.3 Å². The van der Waals surface area contributed by atoms with E-state index in [0.717, 1.165) is 73.9 Å². The monoisotopic (exact) mass is 562 g/mol. The van der Waals surface area contributed by atoms with Crippen molar-refractivity contribution in [3.63, 3.8) is 0 Å². The van der Waals surface area contributed by atoms with Crippen molar-refractivity contribution in [3.8, 4) is 54.0 Å². The van der Waals surface area contributed by atoms with Crippen molar-refractivity contribution in [1.29, 1.82) is 0 Å². The van der Waals surface area contributed by atoms with Gasteiger partial charge in [0.2, 0.25) is 11.5 Å². The van der Waals surface area contributed by atoms with Crippen LogP contribution >= 0.6 is 45.3 Å². The molecule has 8 heterocycles. The fraction of sp³-hybridized carbons (Fsp3) is 0.333. The maximum Gasteiger partial charge on any atom is 0.405 e. The molecule has 0 saturated carbocycles. The Hall–Kier alpha value is -2.80. The van der Waals surface area contributed by atoms with Gasteiger partial charge in [0.25, 0.3) is 13.2 Å². The molecular weight excluding hydrogens is 545 g/mol. The zero-order valence-electron chi connectivity index (χ0n) is 18.7. The topological polar surface area (TPSA) is 78.0 Å². The molecule has 36 heavy (non-hydrogen) atoms. The lowest BCUT2D eigenvalue weighted by atomic mass is 10.2. The van der Waals surface area contributed by atoms with Crippen molar-refractivity contribution in [3.05, 3.63) is 39.5 Å². The van der Waals surface area contributed by atoms with Gasteiger partial charge < -0.3 is 28.4 Å². The van der Waals surface area contributed by atoms with Gasteiger partial charge in [0.15, 0.2) is 45.3 Å². The largest absolute Gasteiger partial charge is 0.485 e. The van der Waals surface area contributed by atoms with Gasteiger partial charge in [-0.15, -0.1) is 45.3 Å². The van der Waals surface area contributed by atoms with Crippen LogP contribution in [-0.4, -0.2) is 52.9 Å². The van der Waals surface area contributed by atoms with Crippen LogP contribution in [0.5, 0.6) is 34.5 Å². The summed E-state index contributed by atoms with van der Waals surface area (Å²) in [5.41, 5.74) is 1.51. The fourth-order valence-corrected chi connectivity index (χ4v) is 9.19. The quantitative estimate of drug-likeness (QED) is 0.342. The molecule has 0 bridgehead atoms. The van der Waals surface area contributed by atoms with E-state index in [4.69, 9.17) is 37.3 Å². The number of fused-ring (bicyclic) bond motifs is 4. The first-order valence-electron chi connectivity index (χ1n) is 11.5. The van der Waals surface area contributed by atoms with E-state index >= 15 is 0 Å². The van der Waals surface area contributed by atoms with Crippen LogP contribution in [-0.2, 0) is 0 Å². The van der Waals surface area contributed by atoms with Gasteiger partial charge in [0, 0.05) is 10.8 Å². The molecule has 0 aliphatic carbocycles. The van der Waals surface area contributed by atoms with Crippen LogP contribution in [0.2, 0.25) is 0 Å². The average Bonchev–Trinajstić information content (AvgIpc) is 3.71. The third kappa shape index (κ3) is 3.14. The summed E-state index contributed by atoms with van der Waals surface area (Å²) in [5.74, 6) is 4.53. The average molecular weight is 563 g/mol. The Morgan fingerprint density at radius 1 is 0.500 bits per heavy atom. The highest BCUT2D eigenvalue weighted by atomic mass is 32.1. The van der Waals surface area contributed by atoms with E-state index in [1.807, 2.05) is 10.8 Å². The maximum absolute atomic E-state index is 6.20. The molecule has 4 aliphatic heterocycles. The van der Waals surface area contributed by atoms with Crippen molar-refractivity contribution in [2.45, 2.75) is 0 Å². The highest BCUT2D eigenvalue weighted by Crippen LogP contribution is 2.59. The number of thiophene rings is 4. The molecule has 0 spiro atoms. The molecule has 0 fully saturated rings. The Morgan fingerprint density at radius 3 is 1.97 bits per heavy atom. The third-order valence-electron chi connectivity index (χ3n) is 6.02. The molecule has 0 radical (unpaired) electrons. The molecule has 184 valence electrons. The first-order chi connectivity index (χ1) is 17.9. The van der Waals surface area contributed by atoms with Crippen molar-refractivity contribution < 1.29 is 28.4 Å². The highest BCUT2D eigenvalue weighted by Gasteiger charge is 2.36. The summed E-state index contributed by atoms with van der Waals surface area (Å²) >= 11 is 6.42. The van der Waals surface area contributed by atoms with Crippen LogP contribution < -0.4 is 39.3 Å². The van der Waals surface area contributed by atoms with Gasteiger partial charge in [-0.25, -0.2) is 8.85 Å². The molecule has 8 rings (SSSR count). The zero-order valence-corrected chi connectivity index (χ0v) is 22.0. The summed E-state index contributed by atoms with van der Waals surface area (Å²) in [6.45, 7) is 4.12. The van der Waals surface area contributed by atoms with Crippen molar-refractivity contribution in [1.82, 2.24) is 0 Å². The SMILES string of the molecule is c1sc(-c2sc(-c3s/c(=c4/scc5c4=[O+]CCO5)c4c3OCC[O+]=4)c3c2OCCO3)c2c1OCCO2. The van der Waals surface area contributed by atoms with Gasteiger partial charge in [0.05, 0.1) is 14.6 Å². The Balaban J connectivity index is 1.40. The van der Waals surface area contributed by atoms with Crippen LogP contribution in [0.4, 0.5) is 0 Å². The molecular formula is C24H18O8S4+2. The molecule has 12 heteroatoms. The van der Waals surface area contributed by atoms with E-state index in [1.165, 1.54) is 0 Å². The van der Waals surface area contributed by atoms with Gasteiger partial charge in [-0.1, -0.05) is 0 Å². The van der Waals surface area contributed by atoms with Gasteiger partial charge >= 0.3 is 10.9 Å². The minimum atomic E-state index is 0.486. The van der Waals surface area contributed by atoms with Crippen molar-refractivity contribution >= 4 is 45.3 Å². The smallest absolute Gasteiger partial charge is 0.405 e. The summed E-state index contributed by atoms with van der Waals surface area (Å²) in [4.78, 5) is 3.88.